The molecule has 6 nitrogen and oxygen atoms in total. The van der Waals surface area contributed by atoms with Crippen molar-refractivity contribution in [2.75, 3.05) is 62.6 Å². The van der Waals surface area contributed by atoms with Crippen molar-refractivity contribution in [2.45, 2.75) is 18.9 Å². The molecule has 2 aromatic rings. The molecule has 0 aliphatic carbocycles. The number of aromatic nitrogens is 1. The summed E-state index contributed by atoms with van der Waals surface area (Å²) in [5, 5.41) is 7.47. The van der Waals surface area contributed by atoms with E-state index in [0.717, 1.165) is 61.2 Å². The van der Waals surface area contributed by atoms with Crippen molar-refractivity contribution in [3.63, 3.8) is 0 Å². The summed E-state index contributed by atoms with van der Waals surface area (Å²) in [5.74, 6) is 2.76. The monoisotopic (exact) mass is 450 g/mol. The Morgan fingerprint density at radius 3 is 2.53 bits per heavy atom. The number of benzene rings is 1. The van der Waals surface area contributed by atoms with Crippen molar-refractivity contribution >= 4 is 28.8 Å². The Labute approximate surface area is 197 Å². The maximum absolute atomic E-state index is 5.51. The highest BCUT2D eigenvalue weighted by atomic mass is 32.1. The van der Waals surface area contributed by atoms with Gasteiger partial charge in [0.1, 0.15) is 5.82 Å². The molecule has 1 aromatic heterocycles. The normalized spacial score (nSPS) is 27.8. The van der Waals surface area contributed by atoms with Crippen LogP contribution in [0.4, 0.5) is 11.5 Å². The lowest BCUT2D eigenvalue weighted by Gasteiger charge is -2.51. The molecule has 0 amide bonds. The van der Waals surface area contributed by atoms with Gasteiger partial charge in [-0.25, -0.2) is 4.98 Å². The number of pyridine rings is 1. The van der Waals surface area contributed by atoms with E-state index in [1.54, 1.807) is 0 Å². The summed E-state index contributed by atoms with van der Waals surface area (Å²) in [6, 6.07) is 16.9. The van der Waals surface area contributed by atoms with E-state index in [0.29, 0.717) is 6.04 Å². The molecule has 4 unspecified atom stereocenters. The van der Waals surface area contributed by atoms with E-state index in [1.807, 2.05) is 42.6 Å². The number of rotatable bonds is 6. The molecule has 0 spiro atoms. The van der Waals surface area contributed by atoms with Gasteiger partial charge in [-0.2, -0.15) is 0 Å². The number of piperazine rings is 1. The van der Waals surface area contributed by atoms with Crippen molar-refractivity contribution in [1.29, 1.82) is 0 Å². The molecule has 170 valence electrons. The summed E-state index contributed by atoms with van der Waals surface area (Å²) in [7, 11) is 0. The molecular formula is C25H34N6S. The third-order valence-electron chi connectivity index (χ3n) is 7.38. The molecule has 4 atom stereocenters. The fourth-order valence-electron chi connectivity index (χ4n) is 5.61. The van der Waals surface area contributed by atoms with Crippen molar-refractivity contribution in [3.8, 4) is 0 Å². The topological polar surface area (TPSA) is 46.7 Å². The molecule has 2 bridgehead atoms. The highest BCUT2D eigenvalue weighted by Gasteiger charge is 2.40. The van der Waals surface area contributed by atoms with Crippen molar-refractivity contribution in [1.82, 2.24) is 20.1 Å². The first kappa shape index (κ1) is 21.6. The van der Waals surface area contributed by atoms with Gasteiger partial charge < -0.3 is 15.5 Å². The molecule has 0 saturated carbocycles. The lowest BCUT2D eigenvalue weighted by molar-refractivity contribution is -0.0110. The van der Waals surface area contributed by atoms with Gasteiger partial charge in [-0.15, -0.1) is 0 Å². The number of para-hydroxylation sites is 1. The predicted octanol–water partition coefficient (Wildman–Crippen LogP) is 2.90. The molecule has 2 N–H and O–H groups in total. The summed E-state index contributed by atoms with van der Waals surface area (Å²) in [4.78, 5) is 12.3. The number of nitrogens with zero attached hydrogens (tertiary/aromatic N) is 4. The van der Waals surface area contributed by atoms with Gasteiger partial charge in [0.05, 0.1) is 0 Å². The van der Waals surface area contributed by atoms with E-state index < -0.39 is 0 Å². The number of hydrogen-bond donors (Lipinski definition) is 2. The highest BCUT2D eigenvalue weighted by molar-refractivity contribution is 7.80. The summed E-state index contributed by atoms with van der Waals surface area (Å²) in [6.07, 6.45) is 4.53. The van der Waals surface area contributed by atoms with Gasteiger partial charge in [0, 0.05) is 63.7 Å². The molecule has 1 aromatic carbocycles. The van der Waals surface area contributed by atoms with E-state index in [4.69, 9.17) is 12.2 Å². The fourth-order valence-corrected chi connectivity index (χ4v) is 5.81. The molecule has 7 heteroatoms. The predicted molar refractivity (Wildman–Crippen MR) is 135 cm³/mol. The van der Waals surface area contributed by atoms with Crippen LogP contribution >= 0.6 is 12.2 Å². The molecule has 4 aliphatic rings. The Balaban J connectivity index is 1.06. The maximum atomic E-state index is 5.51. The molecular weight excluding hydrogens is 416 g/mol. The molecule has 32 heavy (non-hydrogen) atoms. The zero-order chi connectivity index (χ0) is 21.8. The van der Waals surface area contributed by atoms with E-state index in [9.17, 15) is 0 Å². The maximum Gasteiger partial charge on any atom is 0.170 e. The second-order valence-electron chi connectivity index (χ2n) is 9.37. The third-order valence-corrected chi connectivity index (χ3v) is 7.63. The minimum atomic E-state index is 0.599. The number of piperidine rings is 3. The van der Waals surface area contributed by atoms with Crippen molar-refractivity contribution < 1.29 is 0 Å². The Bertz CT molecular complexity index is 871. The van der Waals surface area contributed by atoms with E-state index in [1.165, 1.54) is 32.5 Å². The summed E-state index contributed by atoms with van der Waals surface area (Å²) in [5.41, 5.74) is 1.04. The quantitative estimate of drug-likeness (QED) is 0.656. The molecule has 6 rings (SSSR count). The van der Waals surface area contributed by atoms with E-state index in [-0.39, 0.29) is 0 Å². The lowest BCUT2D eigenvalue weighted by Crippen LogP contribution is -2.59. The summed E-state index contributed by atoms with van der Waals surface area (Å²) >= 11 is 5.51. The number of fused-ring (bicyclic) bond motifs is 3. The van der Waals surface area contributed by atoms with Crippen LogP contribution in [0.2, 0.25) is 0 Å². The Kier molecular flexibility index (Phi) is 6.86. The average Bonchev–Trinajstić information content (AvgIpc) is 2.85. The highest BCUT2D eigenvalue weighted by Crippen LogP contribution is 2.36. The zero-order valence-electron chi connectivity index (χ0n) is 18.7. The standard InChI is InChI=1S/C25H34N6S/c32-25(28-22-6-2-1-3-7-22)27-17-23-16-20-9-11-31(23)19-21(20)18-29-12-14-30(15-13-29)24-8-4-5-10-26-24/h1-8,10,20-21,23H,9,11-19H2,(H2,27,28,32). The van der Waals surface area contributed by atoms with Gasteiger partial charge in [-0.05, 0) is 67.7 Å². The lowest BCUT2D eigenvalue weighted by atomic mass is 9.75. The van der Waals surface area contributed by atoms with Crippen LogP contribution < -0.4 is 15.5 Å². The Morgan fingerprint density at radius 2 is 1.81 bits per heavy atom. The van der Waals surface area contributed by atoms with Crippen molar-refractivity contribution in [2.24, 2.45) is 11.8 Å². The molecule has 5 heterocycles. The van der Waals surface area contributed by atoms with Crippen LogP contribution in [-0.4, -0.2) is 78.3 Å². The minimum Gasteiger partial charge on any atom is -0.361 e. The second kappa shape index (κ2) is 10.1. The zero-order valence-corrected chi connectivity index (χ0v) is 19.5. The first-order valence-corrected chi connectivity index (χ1v) is 12.4. The van der Waals surface area contributed by atoms with Gasteiger partial charge in [-0.3, -0.25) is 9.80 Å². The van der Waals surface area contributed by atoms with E-state index in [2.05, 4.69) is 42.5 Å². The first-order valence-electron chi connectivity index (χ1n) is 12.0. The summed E-state index contributed by atoms with van der Waals surface area (Å²) < 4.78 is 0. The fraction of sp³-hybridized carbons (Fsp3) is 0.520. The van der Waals surface area contributed by atoms with Crippen LogP contribution in [0.1, 0.15) is 12.8 Å². The Morgan fingerprint density at radius 1 is 1.00 bits per heavy atom. The smallest absolute Gasteiger partial charge is 0.170 e. The molecule has 4 fully saturated rings. The molecule has 4 saturated heterocycles. The number of anilines is 2. The van der Waals surface area contributed by atoms with Crippen LogP contribution in [0, 0.1) is 11.8 Å². The third kappa shape index (κ3) is 5.22. The van der Waals surface area contributed by atoms with Crippen molar-refractivity contribution in [3.05, 3.63) is 54.7 Å². The number of nitrogens with one attached hydrogen (secondary N) is 2. The van der Waals surface area contributed by atoms with Gasteiger partial charge in [0.2, 0.25) is 0 Å². The van der Waals surface area contributed by atoms with Gasteiger partial charge in [0.15, 0.2) is 5.11 Å². The van der Waals surface area contributed by atoms with E-state index >= 15 is 0 Å². The van der Waals surface area contributed by atoms with Crippen LogP contribution in [0.3, 0.4) is 0 Å². The largest absolute Gasteiger partial charge is 0.361 e. The summed E-state index contributed by atoms with van der Waals surface area (Å²) in [6.45, 7) is 9.09. The first-order chi connectivity index (χ1) is 15.7. The van der Waals surface area contributed by atoms with Crippen LogP contribution in [0.15, 0.2) is 54.7 Å². The van der Waals surface area contributed by atoms with Crippen LogP contribution in [-0.2, 0) is 0 Å². The van der Waals surface area contributed by atoms with Crippen LogP contribution in [0.5, 0.6) is 0 Å². The van der Waals surface area contributed by atoms with Crippen LogP contribution in [0.25, 0.3) is 0 Å². The van der Waals surface area contributed by atoms with Gasteiger partial charge >= 0.3 is 0 Å². The number of thiocarbonyl (C=S) groups is 1. The average molecular weight is 451 g/mol. The van der Waals surface area contributed by atoms with Gasteiger partial charge in [-0.1, -0.05) is 24.3 Å². The Hall–Kier alpha value is -2.22. The molecule has 4 aliphatic heterocycles. The van der Waals surface area contributed by atoms with Gasteiger partial charge in [0.25, 0.3) is 0 Å². The SMILES string of the molecule is S=C(NCC1CC2CCN1CC2CN1CCN(c2ccccn2)CC1)Nc1ccccc1. The molecule has 0 radical (unpaired) electrons. The number of hydrogen-bond acceptors (Lipinski definition) is 5. The minimum absolute atomic E-state index is 0.599. The second-order valence-corrected chi connectivity index (χ2v) is 9.78.